The minimum Gasteiger partial charge on any atom is -0.312 e. The lowest BCUT2D eigenvalue weighted by Crippen LogP contribution is -2.22. The quantitative estimate of drug-likeness (QED) is 0.753. The molecule has 102 valence electrons. The molecular weight excluding hydrogens is 278 g/mol. The molecule has 0 unspecified atom stereocenters. The van der Waals surface area contributed by atoms with Crippen molar-refractivity contribution in [1.82, 2.24) is 25.5 Å². The van der Waals surface area contributed by atoms with Crippen molar-refractivity contribution in [1.29, 1.82) is 0 Å². The molecule has 1 saturated carbocycles. The number of rotatable bonds is 8. The van der Waals surface area contributed by atoms with Gasteiger partial charge in [0.15, 0.2) is 0 Å². The number of nitrogens with one attached hydrogen (secondary N) is 1. The summed E-state index contributed by atoms with van der Waals surface area (Å²) in [5.41, 5.74) is 0. The Morgan fingerprint density at radius 2 is 2.42 bits per heavy atom. The van der Waals surface area contributed by atoms with E-state index in [4.69, 9.17) is 0 Å². The van der Waals surface area contributed by atoms with Gasteiger partial charge in [0.1, 0.15) is 0 Å². The SMILES string of the molecule is c1csc(CCSc2nnnn2CCNC2CC2)c1. The standard InChI is InChI=1S/C12H17N5S2/c1-2-11(18-8-1)5-9-19-12-14-15-16-17(12)7-6-13-10-3-4-10/h1-2,8,10,13H,3-7,9H2. The highest BCUT2D eigenvalue weighted by Crippen LogP contribution is 2.19. The molecule has 0 aromatic carbocycles. The van der Waals surface area contributed by atoms with Crippen molar-refractivity contribution < 1.29 is 0 Å². The molecule has 1 aliphatic rings. The summed E-state index contributed by atoms with van der Waals surface area (Å²) >= 11 is 3.54. The first-order chi connectivity index (χ1) is 9.42. The maximum Gasteiger partial charge on any atom is 0.209 e. The molecule has 1 fully saturated rings. The number of nitrogens with zero attached hydrogens (tertiary/aromatic N) is 4. The van der Waals surface area contributed by atoms with Gasteiger partial charge in [-0.25, -0.2) is 4.68 Å². The molecule has 0 atom stereocenters. The molecule has 3 rings (SSSR count). The molecule has 19 heavy (non-hydrogen) atoms. The van der Waals surface area contributed by atoms with Crippen LogP contribution >= 0.6 is 23.1 Å². The van der Waals surface area contributed by atoms with E-state index in [1.165, 1.54) is 17.7 Å². The molecule has 2 aromatic heterocycles. The second-order valence-corrected chi connectivity index (χ2v) is 6.69. The van der Waals surface area contributed by atoms with E-state index in [1.54, 1.807) is 23.1 Å². The van der Waals surface area contributed by atoms with E-state index >= 15 is 0 Å². The molecule has 0 amide bonds. The molecule has 7 heteroatoms. The fourth-order valence-corrected chi connectivity index (χ4v) is 3.51. The number of thiophene rings is 1. The van der Waals surface area contributed by atoms with Crippen LogP contribution in [0.25, 0.3) is 0 Å². The Morgan fingerprint density at radius 1 is 1.47 bits per heavy atom. The van der Waals surface area contributed by atoms with Crippen molar-refractivity contribution in [3.8, 4) is 0 Å². The van der Waals surface area contributed by atoms with Gasteiger partial charge in [-0.05, 0) is 41.1 Å². The number of aryl methyl sites for hydroxylation is 1. The van der Waals surface area contributed by atoms with Crippen molar-refractivity contribution in [3.05, 3.63) is 22.4 Å². The number of hydrogen-bond acceptors (Lipinski definition) is 6. The van der Waals surface area contributed by atoms with Crippen LogP contribution in [0.5, 0.6) is 0 Å². The molecule has 2 aromatic rings. The average Bonchev–Trinajstić information content (AvgIpc) is 2.90. The minimum atomic E-state index is 0.742. The highest BCUT2D eigenvalue weighted by molar-refractivity contribution is 7.99. The third kappa shape index (κ3) is 4.02. The molecule has 0 aliphatic heterocycles. The normalized spacial score (nSPS) is 14.9. The minimum absolute atomic E-state index is 0.742. The van der Waals surface area contributed by atoms with Gasteiger partial charge in [-0.3, -0.25) is 0 Å². The summed E-state index contributed by atoms with van der Waals surface area (Å²) in [6.07, 6.45) is 3.71. The highest BCUT2D eigenvalue weighted by atomic mass is 32.2. The molecule has 0 saturated heterocycles. The van der Waals surface area contributed by atoms with E-state index in [0.717, 1.165) is 36.5 Å². The first kappa shape index (κ1) is 13.1. The van der Waals surface area contributed by atoms with E-state index in [9.17, 15) is 0 Å². The van der Waals surface area contributed by atoms with E-state index in [1.807, 2.05) is 4.68 Å². The van der Waals surface area contributed by atoms with Gasteiger partial charge in [-0.1, -0.05) is 17.8 Å². The van der Waals surface area contributed by atoms with Gasteiger partial charge >= 0.3 is 0 Å². The van der Waals surface area contributed by atoms with Crippen molar-refractivity contribution in [3.63, 3.8) is 0 Å². The van der Waals surface area contributed by atoms with Crippen LogP contribution in [0.3, 0.4) is 0 Å². The summed E-state index contributed by atoms with van der Waals surface area (Å²) in [7, 11) is 0. The number of thioether (sulfide) groups is 1. The lowest BCUT2D eigenvalue weighted by Gasteiger charge is -2.04. The monoisotopic (exact) mass is 295 g/mol. The average molecular weight is 295 g/mol. The lowest BCUT2D eigenvalue weighted by atomic mass is 10.4. The van der Waals surface area contributed by atoms with Gasteiger partial charge in [0.2, 0.25) is 5.16 Å². The van der Waals surface area contributed by atoms with Crippen LogP contribution in [-0.4, -0.2) is 38.5 Å². The van der Waals surface area contributed by atoms with Crippen molar-refractivity contribution in [2.45, 2.75) is 37.0 Å². The topological polar surface area (TPSA) is 55.6 Å². The summed E-state index contributed by atoms with van der Waals surface area (Å²) in [6, 6.07) is 5.01. The Morgan fingerprint density at radius 3 is 3.21 bits per heavy atom. The molecular formula is C12H17N5S2. The zero-order chi connectivity index (χ0) is 12.9. The predicted molar refractivity (Wildman–Crippen MR) is 77.6 cm³/mol. The maximum absolute atomic E-state index is 4.09. The van der Waals surface area contributed by atoms with Crippen molar-refractivity contribution >= 4 is 23.1 Å². The van der Waals surface area contributed by atoms with Crippen molar-refractivity contribution in [2.24, 2.45) is 0 Å². The van der Waals surface area contributed by atoms with Crippen LogP contribution in [0, 0.1) is 0 Å². The van der Waals surface area contributed by atoms with Crippen LogP contribution in [-0.2, 0) is 13.0 Å². The smallest absolute Gasteiger partial charge is 0.209 e. The third-order valence-corrected chi connectivity index (χ3v) is 4.89. The fraction of sp³-hybridized carbons (Fsp3) is 0.583. The first-order valence-corrected chi connectivity index (χ1v) is 8.43. The third-order valence-electron chi connectivity index (χ3n) is 2.99. The molecule has 0 bridgehead atoms. The van der Waals surface area contributed by atoms with Crippen LogP contribution in [0.1, 0.15) is 17.7 Å². The maximum atomic E-state index is 4.09. The van der Waals surface area contributed by atoms with E-state index < -0.39 is 0 Å². The molecule has 1 aliphatic carbocycles. The number of aromatic nitrogens is 4. The molecule has 0 spiro atoms. The lowest BCUT2D eigenvalue weighted by molar-refractivity contribution is 0.509. The second kappa shape index (κ2) is 6.49. The largest absolute Gasteiger partial charge is 0.312 e. The van der Waals surface area contributed by atoms with E-state index in [0.29, 0.717) is 0 Å². The summed E-state index contributed by atoms with van der Waals surface area (Å²) < 4.78 is 1.90. The van der Waals surface area contributed by atoms with Gasteiger partial charge < -0.3 is 5.32 Å². The van der Waals surface area contributed by atoms with Crippen LogP contribution in [0.15, 0.2) is 22.7 Å². The Kier molecular flexibility index (Phi) is 4.47. The Hall–Kier alpha value is -0.920. The van der Waals surface area contributed by atoms with Gasteiger partial charge in [-0.15, -0.1) is 16.4 Å². The zero-order valence-electron chi connectivity index (χ0n) is 10.7. The van der Waals surface area contributed by atoms with Crippen LogP contribution in [0.2, 0.25) is 0 Å². The van der Waals surface area contributed by atoms with Gasteiger partial charge in [0.05, 0.1) is 6.54 Å². The van der Waals surface area contributed by atoms with Gasteiger partial charge in [-0.2, -0.15) is 0 Å². The summed E-state index contributed by atoms with van der Waals surface area (Å²) in [5.74, 6) is 1.02. The molecule has 1 N–H and O–H groups in total. The van der Waals surface area contributed by atoms with E-state index in [2.05, 4.69) is 38.4 Å². The van der Waals surface area contributed by atoms with Crippen LogP contribution in [0.4, 0.5) is 0 Å². The van der Waals surface area contributed by atoms with Gasteiger partial charge in [0, 0.05) is 23.2 Å². The van der Waals surface area contributed by atoms with E-state index in [-0.39, 0.29) is 0 Å². The number of tetrazole rings is 1. The summed E-state index contributed by atoms with van der Waals surface area (Å²) in [6.45, 7) is 1.80. The summed E-state index contributed by atoms with van der Waals surface area (Å²) in [5, 5.41) is 18.4. The molecule has 5 nitrogen and oxygen atoms in total. The summed E-state index contributed by atoms with van der Waals surface area (Å²) in [4.78, 5) is 1.42. The predicted octanol–water partition coefficient (Wildman–Crippen LogP) is 1.82. The Balaban J connectivity index is 1.43. The first-order valence-electron chi connectivity index (χ1n) is 6.56. The second-order valence-electron chi connectivity index (χ2n) is 4.59. The fourth-order valence-electron chi connectivity index (χ4n) is 1.80. The molecule has 0 radical (unpaired) electrons. The molecule has 2 heterocycles. The Bertz CT molecular complexity index is 492. The Labute approximate surface area is 120 Å². The van der Waals surface area contributed by atoms with Gasteiger partial charge in [0.25, 0.3) is 0 Å². The van der Waals surface area contributed by atoms with Crippen LogP contribution < -0.4 is 5.32 Å². The highest BCUT2D eigenvalue weighted by Gasteiger charge is 2.20. The zero-order valence-corrected chi connectivity index (χ0v) is 12.3. The number of hydrogen-bond donors (Lipinski definition) is 1. The van der Waals surface area contributed by atoms with Crippen molar-refractivity contribution in [2.75, 3.05) is 12.3 Å².